The highest BCUT2D eigenvalue weighted by atomic mass is 16.6. The number of carbonyl (C=O) groups excluding carboxylic acids is 1. The summed E-state index contributed by atoms with van der Waals surface area (Å²) in [6.07, 6.45) is 0. The topological polar surface area (TPSA) is 123 Å². The number of anilines is 1. The van der Waals surface area contributed by atoms with Gasteiger partial charge in [0, 0.05) is 17.7 Å². The van der Waals surface area contributed by atoms with Gasteiger partial charge in [0.2, 0.25) is 5.78 Å². The van der Waals surface area contributed by atoms with Crippen molar-refractivity contribution in [2.24, 2.45) is 0 Å². The first-order valence-electron chi connectivity index (χ1n) is 6.52. The molecule has 1 heterocycles. The van der Waals surface area contributed by atoms with E-state index in [9.17, 15) is 14.9 Å². The van der Waals surface area contributed by atoms with Crippen molar-refractivity contribution in [1.29, 1.82) is 5.26 Å². The Balaban J connectivity index is 2.08. The Morgan fingerprint density at radius 1 is 1.22 bits per heavy atom. The molecule has 0 atom stereocenters. The van der Waals surface area contributed by atoms with Crippen molar-refractivity contribution >= 4 is 28.1 Å². The van der Waals surface area contributed by atoms with Crippen molar-refractivity contribution in [3.63, 3.8) is 0 Å². The van der Waals surface area contributed by atoms with Crippen LogP contribution < -0.4 is 5.73 Å². The van der Waals surface area contributed by atoms with Crippen LogP contribution in [-0.4, -0.2) is 10.7 Å². The fourth-order valence-corrected chi connectivity index (χ4v) is 2.21. The molecule has 0 bridgehead atoms. The molecule has 7 heteroatoms. The van der Waals surface area contributed by atoms with Gasteiger partial charge in [0.25, 0.3) is 5.69 Å². The molecule has 3 rings (SSSR count). The number of rotatable bonds is 3. The lowest BCUT2D eigenvalue weighted by Crippen LogP contribution is -2.03. The smallest absolute Gasteiger partial charge is 0.270 e. The maximum Gasteiger partial charge on any atom is 0.270 e. The predicted octanol–water partition coefficient (Wildman–Crippen LogP) is 3.03. The number of nitrogens with two attached hydrogens (primary N) is 1. The molecular formula is C16H9N3O4. The molecule has 0 saturated carbocycles. The van der Waals surface area contributed by atoms with Crippen LogP contribution in [0.5, 0.6) is 0 Å². The second-order valence-corrected chi connectivity index (χ2v) is 4.80. The summed E-state index contributed by atoms with van der Waals surface area (Å²) in [5.74, 6) is -0.531. The molecule has 0 aliphatic carbocycles. The SMILES string of the molecule is N#Cc1ccc(C(=O)c2oc3ccc([N+](=O)[O-])cc3c2N)cc1. The van der Waals surface area contributed by atoms with Crippen molar-refractivity contribution in [2.75, 3.05) is 5.73 Å². The van der Waals surface area contributed by atoms with Crippen LogP contribution in [0.25, 0.3) is 11.0 Å². The maximum atomic E-state index is 12.5. The van der Waals surface area contributed by atoms with Crippen LogP contribution in [0.4, 0.5) is 11.4 Å². The van der Waals surface area contributed by atoms with Crippen molar-refractivity contribution in [2.45, 2.75) is 0 Å². The first kappa shape index (κ1) is 14.3. The molecule has 23 heavy (non-hydrogen) atoms. The zero-order chi connectivity index (χ0) is 16.6. The van der Waals surface area contributed by atoms with E-state index in [2.05, 4.69) is 0 Å². The number of nitro benzene ring substituents is 1. The Labute approximate surface area is 129 Å². The lowest BCUT2D eigenvalue weighted by molar-refractivity contribution is -0.384. The Bertz CT molecular complexity index is 981. The van der Waals surface area contributed by atoms with Gasteiger partial charge in [-0.1, -0.05) is 0 Å². The average Bonchev–Trinajstić information content (AvgIpc) is 2.90. The second kappa shape index (κ2) is 5.27. The summed E-state index contributed by atoms with van der Waals surface area (Å²) in [6, 6.07) is 11.9. The normalized spacial score (nSPS) is 10.4. The molecule has 0 saturated heterocycles. The van der Waals surface area contributed by atoms with Gasteiger partial charge in [-0.2, -0.15) is 5.26 Å². The number of nitrogens with zero attached hydrogens (tertiary/aromatic N) is 2. The van der Waals surface area contributed by atoms with E-state index in [1.807, 2.05) is 6.07 Å². The van der Waals surface area contributed by atoms with E-state index < -0.39 is 10.7 Å². The minimum absolute atomic E-state index is 0.0538. The van der Waals surface area contributed by atoms with Crippen LogP contribution >= 0.6 is 0 Å². The van der Waals surface area contributed by atoms with Crippen molar-refractivity contribution < 1.29 is 14.1 Å². The van der Waals surface area contributed by atoms with Crippen LogP contribution in [0.3, 0.4) is 0 Å². The van der Waals surface area contributed by atoms with E-state index in [1.165, 1.54) is 42.5 Å². The Hall–Kier alpha value is -3.66. The molecular weight excluding hydrogens is 298 g/mol. The number of hydrogen-bond acceptors (Lipinski definition) is 6. The summed E-state index contributed by atoms with van der Waals surface area (Å²) >= 11 is 0. The van der Waals surface area contributed by atoms with E-state index in [4.69, 9.17) is 15.4 Å². The third-order valence-electron chi connectivity index (χ3n) is 3.40. The molecule has 0 unspecified atom stereocenters. The number of nitrogen functional groups attached to an aromatic ring is 1. The van der Waals surface area contributed by atoms with Gasteiger partial charge in [-0.15, -0.1) is 0 Å². The molecule has 0 fully saturated rings. The number of fused-ring (bicyclic) bond motifs is 1. The summed E-state index contributed by atoms with van der Waals surface area (Å²) in [7, 11) is 0. The highest BCUT2D eigenvalue weighted by molar-refractivity contribution is 6.14. The summed E-state index contributed by atoms with van der Waals surface area (Å²) < 4.78 is 5.44. The molecule has 0 aliphatic rings. The molecule has 1 aromatic heterocycles. The summed E-state index contributed by atoms with van der Waals surface area (Å²) in [6.45, 7) is 0. The fourth-order valence-electron chi connectivity index (χ4n) is 2.21. The lowest BCUT2D eigenvalue weighted by Gasteiger charge is -1.99. The number of ketones is 1. The van der Waals surface area contributed by atoms with Crippen LogP contribution in [-0.2, 0) is 0 Å². The van der Waals surface area contributed by atoms with Gasteiger partial charge in [0.1, 0.15) is 5.58 Å². The molecule has 0 radical (unpaired) electrons. The van der Waals surface area contributed by atoms with Crippen molar-refractivity contribution in [3.05, 3.63) is 69.5 Å². The van der Waals surface area contributed by atoms with Crippen LogP contribution in [0, 0.1) is 21.4 Å². The highest BCUT2D eigenvalue weighted by Gasteiger charge is 2.21. The minimum Gasteiger partial charge on any atom is -0.450 e. The van der Waals surface area contributed by atoms with Gasteiger partial charge in [0.15, 0.2) is 5.76 Å². The van der Waals surface area contributed by atoms with E-state index in [-0.39, 0.29) is 17.1 Å². The molecule has 0 amide bonds. The largest absolute Gasteiger partial charge is 0.450 e. The first-order valence-corrected chi connectivity index (χ1v) is 6.52. The minimum atomic E-state index is -0.548. The standard InChI is InChI=1S/C16H9N3O4/c17-8-9-1-3-10(4-2-9)15(20)16-14(18)12-7-11(19(21)22)5-6-13(12)23-16/h1-7H,18H2. The van der Waals surface area contributed by atoms with Crippen LogP contribution in [0.15, 0.2) is 46.9 Å². The zero-order valence-electron chi connectivity index (χ0n) is 11.6. The summed E-state index contributed by atoms with van der Waals surface area (Å²) in [4.78, 5) is 22.7. The monoisotopic (exact) mass is 307 g/mol. The van der Waals surface area contributed by atoms with E-state index >= 15 is 0 Å². The second-order valence-electron chi connectivity index (χ2n) is 4.80. The van der Waals surface area contributed by atoms with Gasteiger partial charge in [-0.05, 0) is 30.3 Å². The summed E-state index contributed by atoms with van der Waals surface area (Å²) in [5, 5.41) is 19.9. The van der Waals surface area contributed by atoms with Gasteiger partial charge >= 0.3 is 0 Å². The zero-order valence-corrected chi connectivity index (χ0v) is 11.6. The Kier molecular flexibility index (Phi) is 3.27. The lowest BCUT2D eigenvalue weighted by atomic mass is 10.1. The van der Waals surface area contributed by atoms with Crippen molar-refractivity contribution in [1.82, 2.24) is 0 Å². The predicted molar refractivity (Wildman–Crippen MR) is 81.9 cm³/mol. The number of non-ortho nitro benzene ring substituents is 1. The first-order chi connectivity index (χ1) is 11.0. The maximum absolute atomic E-state index is 12.5. The number of nitro groups is 1. The molecule has 3 aromatic rings. The third-order valence-corrected chi connectivity index (χ3v) is 3.40. The summed E-state index contributed by atoms with van der Waals surface area (Å²) in [5.41, 5.74) is 6.86. The Morgan fingerprint density at radius 2 is 1.91 bits per heavy atom. The van der Waals surface area contributed by atoms with Crippen LogP contribution in [0.2, 0.25) is 0 Å². The van der Waals surface area contributed by atoms with Gasteiger partial charge in [-0.25, -0.2) is 0 Å². The van der Waals surface area contributed by atoms with Gasteiger partial charge < -0.3 is 10.2 Å². The molecule has 0 aliphatic heterocycles. The highest BCUT2D eigenvalue weighted by Crippen LogP contribution is 2.32. The molecule has 2 N–H and O–H groups in total. The quantitative estimate of drug-likeness (QED) is 0.450. The van der Waals surface area contributed by atoms with Crippen molar-refractivity contribution in [3.8, 4) is 6.07 Å². The fraction of sp³-hybridized carbons (Fsp3) is 0. The van der Waals surface area contributed by atoms with Crippen LogP contribution in [0.1, 0.15) is 21.7 Å². The third kappa shape index (κ3) is 2.38. The molecule has 2 aromatic carbocycles. The number of nitriles is 1. The number of benzene rings is 2. The molecule has 7 nitrogen and oxygen atoms in total. The van der Waals surface area contributed by atoms with E-state index in [0.29, 0.717) is 22.1 Å². The molecule has 0 spiro atoms. The van der Waals surface area contributed by atoms with Gasteiger partial charge in [0.05, 0.1) is 27.6 Å². The van der Waals surface area contributed by atoms with E-state index in [1.54, 1.807) is 0 Å². The van der Waals surface area contributed by atoms with Gasteiger partial charge in [-0.3, -0.25) is 14.9 Å². The van der Waals surface area contributed by atoms with E-state index in [0.717, 1.165) is 0 Å². The number of hydrogen-bond donors (Lipinski definition) is 1. The Morgan fingerprint density at radius 3 is 2.52 bits per heavy atom. The molecule has 112 valence electrons. The number of furan rings is 1. The average molecular weight is 307 g/mol. The number of carbonyl (C=O) groups is 1.